The Morgan fingerprint density at radius 2 is 2.06 bits per heavy atom. The Morgan fingerprint density at radius 3 is 2.62 bits per heavy atom. The molecule has 1 saturated heterocycles. The molecular formula is C14H20O2. The Kier molecular flexibility index (Phi) is 3.62. The van der Waals surface area contributed by atoms with Gasteiger partial charge in [-0.25, -0.2) is 0 Å². The Morgan fingerprint density at radius 1 is 1.31 bits per heavy atom. The molecule has 0 bridgehead atoms. The summed E-state index contributed by atoms with van der Waals surface area (Å²) < 4.78 is 11.7. The monoisotopic (exact) mass is 220 g/mol. The summed E-state index contributed by atoms with van der Waals surface area (Å²) in [5.74, 6) is 0. The smallest absolute Gasteiger partial charge is 0.0885 e. The van der Waals surface area contributed by atoms with Crippen LogP contribution in [0.25, 0.3) is 0 Å². The normalized spacial score (nSPS) is 30.2. The maximum absolute atomic E-state index is 5.87. The standard InChI is InChI=1S/C14H20O2/c1-3-14(2)11-15-13(10-16-14)9-12-7-5-4-6-8-12/h4-8,13H,3,9-11H2,1-2H3. The van der Waals surface area contributed by atoms with Crippen molar-refractivity contribution in [1.82, 2.24) is 0 Å². The van der Waals surface area contributed by atoms with Gasteiger partial charge in [-0.2, -0.15) is 0 Å². The Bertz CT molecular complexity index is 313. The van der Waals surface area contributed by atoms with E-state index in [-0.39, 0.29) is 11.7 Å². The number of ether oxygens (including phenoxy) is 2. The van der Waals surface area contributed by atoms with Gasteiger partial charge < -0.3 is 9.47 Å². The molecule has 16 heavy (non-hydrogen) atoms. The zero-order valence-electron chi connectivity index (χ0n) is 10.1. The molecule has 1 aliphatic rings. The molecule has 0 spiro atoms. The summed E-state index contributed by atoms with van der Waals surface area (Å²) in [5.41, 5.74) is 1.24. The highest BCUT2D eigenvalue weighted by atomic mass is 16.6. The average Bonchev–Trinajstić information content (AvgIpc) is 2.34. The Hall–Kier alpha value is -0.860. The molecule has 2 atom stereocenters. The zero-order valence-corrected chi connectivity index (χ0v) is 10.1. The van der Waals surface area contributed by atoms with Gasteiger partial charge >= 0.3 is 0 Å². The van der Waals surface area contributed by atoms with E-state index < -0.39 is 0 Å². The largest absolute Gasteiger partial charge is 0.372 e. The van der Waals surface area contributed by atoms with Crippen LogP contribution in [-0.4, -0.2) is 24.9 Å². The minimum Gasteiger partial charge on any atom is -0.372 e. The van der Waals surface area contributed by atoms with Crippen LogP contribution >= 0.6 is 0 Å². The van der Waals surface area contributed by atoms with Crippen molar-refractivity contribution in [2.45, 2.75) is 38.4 Å². The molecular weight excluding hydrogens is 200 g/mol. The molecule has 0 radical (unpaired) electrons. The lowest BCUT2D eigenvalue weighted by Crippen LogP contribution is -2.44. The summed E-state index contributed by atoms with van der Waals surface area (Å²) in [6.45, 7) is 5.67. The molecule has 2 unspecified atom stereocenters. The Labute approximate surface area is 97.6 Å². The lowest BCUT2D eigenvalue weighted by Gasteiger charge is -2.37. The van der Waals surface area contributed by atoms with Crippen LogP contribution in [0.1, 0.15) is 25.8 Å². The van der Waals surface area contributed by atoms with Gasteiger partial charge in [0.1, 0.15) is 0 Å². The topological polar surface area (TPSA) is 18.5 Å². The van der Waals surface area contributed by atoms with Crippen LogP contribution in [0.15, 0.2) is 30.3 Å². The molecule has 1 aromatic rings. The number of rotatable bonds is 3. The van der Waals surface area contributed by atoms with Crippen molar-refractivity contribution in [2.24, 2.45) is 0 Å². The molecule has 0 aromatic heterocycles. The summed E-state index contributed by atoms with van der Waals surface area (Å²) in [6.07, 6.45) is 2.16. The molecule has 1 fully saturated rings. The van der Waals surface area contributed by atoms with Gasteiger partial charge in [0.15, 0.2) is 0 Å². The summed E-state index contributed by atoms with van der Waals surface area (Å²) in [7, 11) is 0. The molecule has 0 aliphatic carbocycles. The fourth-order valence-corrected chi connectivity index (χ4v) is 1.88. The van der Waals surface area contributed by atoms with Gasteiger partial charge in [-0.15, -0.1) is 0 Å². The third-order valence-electron chi connectivity index (χ3n) is 3.30. The van der Waals surface area contributed by atoms with E-state index in [2.05, 4.69) is 38.1 Å². The third kappa shape index (κ3) is 2.83. The second-order valence-corrected chi connectivity index (χ2v) is 4.74. The number of hydrogen-bond donors (Lipinski definition) is 0. The van der Waals surface area contributed by atoms with Gasteiger partial charge in [0, 0.05) is 6.42 Å². The molecule has 0 N–H and O–H groups in total. The summed E-state index contributed by atoms with van der Waals surface area (Å²) in [5, 5.41) is 0. The first-order valence-corrected chi connectivity index (χ1v) is 6.01. The van der Waals surface area contributed by atoms with Gasteiger partial charge in [-0.3, -0.25) is 0 Å². The average molecular weight is 220 g/mol. The van der Waals surface area contributed by atoms with Gasteiger partial charge in [-0.05, 0) is 18.9 Å². The van der Waals surface area contributed by atoms with E-state index in [1.807, 2.05) is 6.07 Å². The quantitative estimate of drug-likeness (QED) is 0.780. The maximum Gasteiger partial charge on any atom is 0.0885 e. The first-order valence-electron chi connectivity index (χ1n) is 6.01. The van der Waals surface area contributed by atoms with Crippen LogP contribution in [0, 0.1) is 0 Å². The van der Waals surface area contributed by atoms with Crippen LogP contribution in [0.4, 0.5) is 0 Å². The molecule has 1 aromatic carbocycles. The molecule has 1 aliphatic heterocycles. The van der Waals surface area contributed by atoms with Crippen molar-refractivity contribution < 1.29 is 9.47 Å². The summed E-state index contributed by atoms with van der Waals surface area (Å²) in [6, 6.07) is 10.4. The Balaban J connectivity index is 1.86. The maximum atomic E-state index is 5.87. The fourth-order valence-electron chi connectivity index (χ4n) is 1.88. The second kappa shape index (κ2) is 4.98. The van der Waals surface area contributed by atoms with Gasteiger partial charge in [0.2, 0.25) is 0 Å². The van der Waals surface area contributed by atoms with Gasteiger partial charge in [0.25, 0.3) is 0 Å². The number of benzene rings is 1. The van der Waals surface area contributed by atoms with Crippen LogP contribution in [0.3, 0.4) is 0 Å². The van der Waals surface area contributed by atoms with E-state index in [1.54, 1.807) is 0 Å². The lowest BCUT2D eigenvalue weighted by atomic mass is 10.0. The minimum absolute atomic E-state index is 0.0762. The first-order chi connectivity index (χ1) is 7.72. The zero-order chi connectivity index (χ0) is 11.4. The van der Waals surface area contributed by atoms with Crippen LogP contribution in [-0.2, 0) is 15.9 Å². The molecule has 2 rings (SSSR count). The van der Waals surface area contributed by atoms with Gasteiger partial charge in [-0.1, -0.05) is 37.3 Å². The van der Waals surface area contributed by atoms with E-state index in [1.165, 1.54) is 5.56 Å². The predicted molar refractivity (Wildman–Crippen MR) is 64.5 cm³/mol. The van der Waals surface area contributed by atoms with Crippen molar-refractivity contribution in [3.05, 3.63) is 35.9 Å². The molecule has 0 amide bonds. The minimum atomic E-state index is -0.0762. The highest BCUT2D eigenvalue weighted by Crippen LogP contribution is 2.23. The van der Waals surface area contributed by atoms with Crippen LogP contribution in [0.5, 0.6) is 0 Å². The fraction of sp³-hybridized carbons (Fsp3) is 0.571. The van der Waals surface area contributed by atoms with E-state index in [9.17, 15) is 0 Å². The van der Waals surface area contributed by atoms with E-state index in [4.69, 9.17) is 9.47 Å². The molecule has 2 heteroatoms. The van der Waals surface area contributed by atoms with Crippen molar-refractivity contribution in [3.63, 3.8) is 0 Å². The van der Waals surface area contributed by atoms with E-state index in [0.29, 0.717) is 13.2 Å². The SMILES string of the molecule is CCC1(C)COC(Cc2ccccc2)CO1. The van der Waals surface area contributed by atoms with E-state index >= 15 is 0 Å². The molecule has 88 valence electrons. The third-order valence-corrected chi connectivity index (χ3v) is 3.30. The van der Waals surface area contributed by atoms with Gasteiger partial charge in [0.05, 0.1) is 24.9 Å². The van der Waals surface area contributed by atoms with Crippen LogP contribution in [0.2, 0.25) is 0 Å². The second-order valence-electron chi connectivity index (χ2n) is 4.74. The summed E-state index contributed by atoms with van der Waals surface area (Å²) in [4.78, 5) is 0. The van der Waals surface area contributed by atoms with E-state index in [0.717, 1.165) is 12.8 Å². The highest BCUT2D eigenvalue weighted by molar-refractivity contribution is 5.15. The van der Waals surface area contributed by atoms with Crippen molar-refractivity contribution in [2.75, 3.05) is 13.2 Å². The lowest BCUT2D eigenvalue weighted by molar-refractivity contribution is -0.183. The predicted octanol–water partition coefficient (Wildman–Crippen LogP) is 2.81. The molecule has 1 heterocycles. The first kappa shape index (κ1) is 11.6. The van der Waals surface area contributed by atoms with Crippen molar-refractivity contribution in [1.29, 1.82) is 0 Å². The van der Waals surface area contributed by atoms with Crippen molar-refractivity contribution in [3.8, 4) is 0 Å². The highest BCUT2D eigenvalue weighted by Gasteiger charge is 2.30. The molecule has 0 saturated carbocycles. The van der Waals surface area contributed by atoms with Crippen LogP contribution < -0.4 is 0 Å². The molecule has 2 nitrogen and oxygen atoms in total. The van der Waals surface area contributed by atoms with Crippen molar-refractivity contribution >= 4 is 0 Å². The summed E-state index contributed by atoms with van der Waals surface area (Å²) >= 11 is 0. The number of hydrogen-bond acceptors (Lipinski definition) is 2.